The Morgan fingerprint density at radius 1 is 1.19 bits per heavy atom. The van der Waals surface area contributed by atoms with Gasteiger partial charge in [-0.2, -0.15) is 5.10 Å². The molecule has 7 heteroatoms. The first-order valence-electron chi connectivity index (χ1n) is 6.70. The number of nitrogens with zero attached hydrogens (tertiary/aromatic N) is 6. The van der Waals surface area contributed by atoms with E-state index >= 15 is 0 Å². The van der Waals surface area contributed by atoms with Crippen LogP contribution in [-0.2, 0) is 7.05 Å². The van der Waals surface area contributed by atoms with Gasteiger partial charge in [-0.15, -0.1) is 0 Å². The van der Waals surface area contributed by atoms with Crippen molar-refractivity contribution in [2.45, 2.75) is 19.9 Å². The maximum absolute atomic E-state index is 5.93. The number of hydrogen-bond donors (Lipinski definition) is 1. The average Bonchev–Trinajstić information content (AvgIpc) is 3.06. The largest absolute Gasteiger partial charge is 0.384 e. The van der Waals surface area contributed by atoms with Crippen molar-refractivity contribution in [3.63, 3.8) is 0 Å². The maximum Gasteiger partial charge on any atom is 0.180 e. The third kappa shape index (κ3) is 2.49. The lowest BCUT2D eigenvalue weighted by Gasteiger charge is -2.11. The van der Waals surface area contributed by atoms with E-state index in [-0.39, 0.29) is 6.04 Å². The van der Waals surface area contributed by atoms with E-state index in [9.17, 15) is 0 Å². The van der Waals surface area contributed by atoms with Crippen LogP contribution in [0.4, 0.5) is 5.82 Å². The molecule has 0 saturated carbocycles. The molecular formula is C14H17N7. The van der Waals surface area contributed by atoms with Crippen molar-refractivity contribution in [2.75, 3.05) is 5.73 Å². The van der Waals surface area contributed by atoms with Gasteiger partial charge in [0.15, 0.2) is 5.82 Å². The van der Waals surface area contributed by atoms with Crippen molar-refractivity contribution in [3.05, 3.63) is 31.0 Å². The zero-order chi connectivity index (χ0) is 15.0. The Kier molecular flexibility index (Phi) is 3.17. The summed E-state index contributed by atoms with van der Waals surface area (Å²) in [6, 6.07) is 2.02. The number of rotatable bonds is 3. The van der Waals surface area contributed by atoms with E-state index in [0.29, 0.717) is 11.6 Å². The summed E-state index contributed by atoms with van der Waals surface area (Å²) in [5, 5.41) is 4.16. The Hall–Kier alpha value is -2.70. The number of anilines is 1. The molecule has 2 N–H and O–H groups in total. The molecule has 108 valence electrons. The van der Waals surface area contributed by atoms with E-state index < -0.39 is 0 Å². The van der Waals surface area contributed by atoms with E-state index in [1.54, 1.807) is 29.5 Å². The Morgan fingerprint density at radius 3 is 2.67 bits per heavy atom. The van der Waals surface area contributed by atoms with E-state index in [4.69, 9.17) is 5.73 Å². The van der Waals surface area contributed by atoms with Crippen LogP contribution in [0.15, 0.2) is 31.0 Å². The maximum atomic E-state index is 5.93. The number of aryl methyl sites for hydroxylation is 1. The molecule has 0 fully saturated rings. The summed E-state index contributed by atoms with van der Waals surface area (Å²) >= 11 is 0. The van der Waals surface area contributed by atoms with E-state index in [1.807, 2.05) is 17.8 Å². The predicted molar refractivity (Wildman–Crippen MR) is 80.3 cm³/mol. The summed E-state index contributed by atoms with van der Waals surface area (Å²) in [7, 11) is 1.86. The fourth-order valence-electron chi connectivity index (χ4n) is 2.17. The first kappa shape index (κ1) is 13.3. The molecule has 21 heavy (non-hydrogen) atoms. The predicted octanol–water partition coefficient (Wildman–Crippen LogP) is 1.90. The van der Waals surface area contributed by atoms with Crippen LogP contribution in [0, 0.1) is 0 Å². The smallest absolute Gasteiger partial charge is 0.180 e. The molecule has 0 atom stereocenters. The van der Waals surface area contributed by atoms with Gasteiger partial charge < -0.3 is 10.3 Å². The highest BCUT2D eigenvalue weighted by molar-refractivity contribution is 5.64. The minimum absolute atomic E-state index is 0.273. The van der Waals surface area contributed by atoms with Crippen LogP contribution in [0.2, 0.25) is 0 Å². The van der Waals surface area contributed by atoms with Gasteiger partial charge in [0.25, 0.3) is 0 Å². The first-order chi connectivity index (χ1) is 10.0. The van der Waals surface area contributed by atoms with Gasteiger partial charge >= 0.3 is 0 Å². The highest BCUT2D eigenvalue weighted by atomic mass is 15.2. The van der Waals surface area contributed by atoms with Crippen LogP contribution in [0.3, 0.4) is 0 Å². The molecule has 0 amide bonds. The summed E-state index contributed by atoms with van der Waals surface area (Å²) in [5.41, 5.74) is 8.44. The second-order valence-electron chi connectivity index (χ2n) is 5.18. The molecule has 0 saturated heterocycles. The topological polar surface area (TPSA) is 87.4 Å². The molecule has 3 rings (SSSR count). The van der Waals surface area contributed by atoms with Gasteiger partial charge in [-0.25, -0.2) is 15.0 Å². The van der Waals surface area contributed by atoms with Gasteiger partial charge in [-0.05, 0) is 13.8 Å². The number of nitrogen functional groups attached to an aromatic ring is 1. The lowest BCUT2D eigenvalue weighted by atomic mass is 10.2. The molecule has 0 aliphatic carbocycles. The highest BCUT2D eigenvalue weighted by Crippen LogP contribution is 2.24. The summed E-state index contributed by atoms with van der Waals surface area (Å²) in [5.74, 6) is 0.996. The van der Waals surface area contributed by atoms with Crippen molar-refractivity contribution in [1.29, 1.82) is 0 Å². The number of nitrogens with two attached hydrogens (primary N) is 1. The van der Waals surface area contributed by atoms with Crippen molar-refractivity contribution in [3.8, 4) is 22.8 Å². The molecule has 7 nitrogen and oxygen atoms in total. The standard InChI is InChI=1S/C14H17N7/c1-9(2)21-8-16-6-12(21)14-18-11(4-13(15)19-14)10-5-17-20(3)7-10/h4-9H,1-3H3,(H2,15,18,19). The molecule has 0 aromatic carbocycles. The first-order valence-corrected chi connectivity index (χ1v) is 6.70. The minimum Gasteiger partial charge on any atom is -0.384 e. The van der Waals surface area contributed by atoms with Gasteiger partial charge in [0, 0.05) is 30.9 Å². The highest BCUT2D eigenvalue weighted by Gasteiger charge is 2.13. The summed E-state index contributed by atoms with van der Waals surface area (Å²) in [4.78, 5) is 13.1. The van der Waals surface area contributed by atoms with Crippen molar-refractivity contribution >= 4 is 5.82 Å². The zero-order valence-electron chi connectivity index (χ0n) is 12.2. The van der Waals surface area contributed by atoms with Crippen LogP contribution in [0.25, 0.3) is 22.8 Å². The molecule has 0 radical (unpaired) electrons. The van der Waals surface area contributed by atoms with Crippen LogP contribution < -0.4 is 5.73 Å². The third-order valence-electron chi connectivity index (χ3n) is 3.20. The molecule has 3 aromatic heterocycles. The van der Waals surface area contributed by atoms with Gasteiger partial charge in [-0.3, -0.25) is 4.68 Å². The Bertz CT molecular complexity index is 769. The lowest BCUT2D eigenvalue weighted by Crippen LogP contribution is -2.05. The van der Waals surface area contributed by atoms with Gasteiger partial charge in [0.2, 0.25) is 0 Å². The van der Waals surface area contributed by atoms with E-state index in [0.717, 1.165) is 17.0 Å². The minimum atomic E-state index is 0.273. The number of aromatic nitrogens is 6. The summed E-state index contributed by atoms with van der Waals surface area (Å²) in [6.45, 7) is 4.17. The van der Waals surface area contributed by atoms with Gasteiger partial charge in [-0.1, -0.05) is 0 Å². The molecule has 3 aromatic rings. The zero-order valence-corrected chi connectivity index (χ0v) is 12.2. The lowest BCUT2D eigenvalue weighted by molar-refractivity contribution is 0.603. The fraction of sp³-hybridized carbons (Fsp3) is 0.286. The second-order valence-corrected chi connectivity index (χ2v) is 5.18. The third-order valence-corrected chi connectivity index (χ3v) is 3.20. The average molecular weight is 283 g/mol. The van der Waals surface area contributed by atoms with Crippen LogP contribution in [-0.4, -0.2) is 29.3 Å². The Balaban J connectivity index is 2.12. The molecule has 0 aliphatic heterocycles. The van der Waals surface area contributed by atoms with Gasteiger partial charge in [0.05, 0.1) is 24.4 Å². The fourth-order valence-corrected chi connectivity index (χ4v) is 2.17. The summed E-state index contributed by atoms with van der Waals surface area (Å²) < 4.78 is 3.74. The quantitative estimate of drug-likeness (QED) is 0.793. The van der Waals surface area contributed by atoms with E-state index in [2.05, 4.69) is 33.9 Å². The van der Waals surface area contributed by atoms with Crippen molar-refractivity contribution < 1.29 is 0 Å². The van der Waals surface area contributed by atoms with Gasteiger partial charge in [0.1, 0.15) is 11.5 Å². The second kappa shape index (κ2) is 5.01. The molecule has 0 spiro atoms. The van der Waals surface area contributed by atoms with Crippen LogP contribution in [0.1, 0.15) is 19.9 Å². The SMILES string of the molecule is CC(C)n1cncc1-c1nc(N)cc(-c2cnn(C)c2)n1. The van der Waals surface area contributed by atoms with Crippen LogP contribution >= 0.6 is 0 Å². The Labute approximate surface area is 122 Å². The van der Waals surface area contributed by atoms with Crippen molar-refractivity contribution in [2.24, 2.45) is 7.05 Å². The normalized spacial score (nSPS) is 11.2. The number of hydrogen-bond acceptors (Lipinski definition) is 5. The molecule has 0 bridgehead atoms. The Morgan fingerprint density at radius 2 is 2.00 bits per heavy atom. The summed E-state index contributed by atoms with van der Waals surface area (Å²) in [6.07, 6.45) is 7.18. The molecule has 0 aliphatic rings. The molecular weight excluding hydrogens is 266 g/mol. The van der Waals surface area contributed by atoms with Crippen LogP contribution in [0.5, 0.6) is 0 Å². The molecule has 0 unspecified atom stereocenters. The van der Waals surface area contributed by atoms with E-state index in [1.165, 1.54) is 0 Å². The monoisotopic (exact) mass is 283 g/mol. The van der Waals surface area contributed by atoms with Crippen molar-refractivity contribution in [1.82, 2.24) is 29.3 Å². The number of imidazole rings is 1. The molecule has 3 heterocycles.